The summed E-state index contributed by atoms with van der Waals surface area (Å²) in [6.07, 6.45) is 1.90. The van der Waals surface area contributed by atoms with Crippen LogP contribution in [0.4, 0.5) is 5.69 Å². The predicted octanol–water partition coefficient (Wildman–Crippen LogP) is 7.03. The van der Waals surface area contributed by atoms with E-state index in [-0.39, 0.29) is 10.8 Å². The lowest BCUT2D eigenvalue weighted by molar-refractivity contribution is 0.423. The zero-order valence-corrected chi connectivity index (χ0v) is 19.6. The van der Waals surface area contributed by atoms with E-state index in [1.54, 1.807) is 0 Å². The Kier molecular flexibility index (Phi) is 6.54. The SMILES string of the molecule is CC(C)(C)c1cc(/C=N/N(Cc2ccccc2)c2ccccc2)cc(C(C)(C)C)c1O. The summed E-state index contributed by atoms with van der Waals surface area (Å²) in [5.41, 5.74) is 4.76. The molecule has 3 nitrogen and oxygen atoms in total. The standard InChI is InChI=1S/C28H34N2O/c1-27(2,3)24-17-22(18-25(26(24)31)28(4,5)6)19-29-30(23-15-11-8-12-16-23)20-21-13-9-7-10-14-21/h7-19,31H,20H2,1-6H3/b29-19+. The van der Waals surface area contributed by atoms with E-state index in [4.69, 9.17) is 5.10 Å². The Morgan fingerprint density at radius 2 is 1.26 bits per heavy atom. The van der Waals surface area contributed by atoms with E-state index in [2.05, 4.69) is 77.9 Å². The Hall–Kier alpha value is -3.07. The third-order valence-corrected chi connectivity index (χ3v) is 5.32. The minimum Gasteiger partial charge on any atom is -0.507 e. The number of anilines is 1. The van der Waals surface area contributed by atoms with Gasteiger partial charge in [-0.25, -0.2) is 0 Å². The van der Waals surface area contributed by atoms with Crippen LogP contribution in [0.2, 0.25) is 0 Å². The molecule has 0 bridgehead atoms. The topological polar surface area (TPSA) is 35.8 Å². The summed E-state index contributed by atoms with van der Waals surface area (Å²) >= 11 is 0. The first-order valence-corrected chi connectivity index (χ1v) is 10.8. The van der Waals surface area contributed by atoms with Gasteiger partial charge in [0.05, 0.1) is 18.4 Å². The van der Waals surface area contributed by atoms with Crippen molar-refractivity contribution in [2.75, 3.05) is 5.01 Å². The molecular weight excluding hydrogens is 380 g/mol. The zero-order chi connectivity index (χ0) is 22.6. The second-order valence-electron chi connectivity index (χ2n) is 10.1. The quantitative estimate of drug-likeness (QED) is 0.359. The molecular formula is C28H34N2O. The lowest BCUT2D eigenvalue weighted by atomic mass is 9.78. The van der Waals surface area contributed by atoms with Crippen LogP contribution in [0.15, 0.2) is 77.9 Å². The van der Waals surface area contributed by atoms with Crippen molar-refractivity contribution in [3.05, 3.63) is 95.1 Å². The number of rotatable bonds is 5. The van der Waals surface area contributed by atoms with Crippen LogP contribution in [0.3, 0.4) is 0 Å². The van der Waals surface area contributed by atoms with E-state index >= 15 is 0 Å². The molecule has 0 radical (unpaired) electrons. The summed E-state index contributed by atoms with van der Waals surface area (Å²) in [7, 11) is 0. The zero-order valence-electron chi connectivity index (χ0n) is 19.6. The molecule has 0 unspecified atom stereocenters. The second kappa shape index (κ2) is 8.97. The molecule has 0 fully saturated rings. The second-order valence-corrected chi connectivity index (χ2v) is 10.1. The Morgan fingerprint density at radius 3 is 1.74 bits per heavy atom. The molecule has 3 aromatic rings. The maximum atomic E-state index is 11.0. The molecule has 1 N–H and O–H groups in total. The van der Waals surface area contributed by atoms with Gasteiger partial charge in [-0.1, -0.05) is 90.1 Å². The summed E-state index contributed by atoms with van der Waals surface area (Å²) in [5, 5.41) is 17.9. The number of nitrogens with zero attached hydrogens (tertiary/aromatic N) is 2. The van der Waals surface area contributed by atoms with Gasteiger partial charge < -0.3 is 5.11 Å². The van der Waals surface area contributed by atoms with Crippen molar-refractivity contribution in [1.29, 1.82) is 0 Å². The fourth-order valence-corrected chi connectivity index (χ4v) is 3.57. The number of para-hydroxylation sites is 1. The van der Waals surface area contributed by atoms with E-state index in [9.17, 15) is 5.11 Å². The van der Waals surface area contributed by atoms with Crippen LogP contribution in [-0.2, 0) is 17.4 Å². The third kappa shape index (κ3) is 5.75. The molecule has 0 saturated heterocycles. The summed E-state index contributed by atoms with van der Waals surface area (Å²) in [5.74, 6) is 0.390. The van der Waals surface area contributed by atoms with Crippen LogP contribution >= 0.6 is 0 Å². The molecule has 0 heterocycles. The van der Waals surface area contributed by atoms with Gasteiger partial charge in [-0.05, 0) is 46.2 Å². The minimum absolute atomic E-state index is 0.170. The average Bonchev–Trinajstić information content (AvgIpc) is 2.71. The summed E-state index contributed by atoms with van der Waals surface area (Å²) in [6.45, 7) is 13.4. The van der Waals surface area contributed by atoms with Crippen LogP contribution in [0.25, 0.3) is 0 Å². The third-order valence-electron chi connectivity index (χ3n) is 5.32. The van der Waals surface area contributed by atoms with E-state index in [0.717, 1.165) is 22.4 Å². The van der Waals surface area contributed by atoms with Gasteiger partial charge in [0.2, 0.25) is 0 Å². The maximum Gasteiger partial charge on any atom is 0.123 e. The van der Waals surface area contributed by atoms with Crippen LogP contribution in [0, 0.1) is 0 Å². The van der Waals surface area contributed by atoms with Gasteiger partial charge in [-0.3, -0.25) is 5.01 Å². The molecule has 31 heavy (non-hydrogen) atoms. The highest BCUT2D eigenvalue weighted by Crippen LogP contribution is 2.39. The number of phenolic OH excluding ortho intramolecular Hbond substituents is 1. The molecule has 0 aliphatic carbocycles. The Bertz CT molecular complexity index is 991. The first-order chi connectivity index (χ1) is 14.6. The number of phenols is 1. The Morgan fingerprint density at radius 1 is 0.774 bits per heavy atom. The summed E-state index contributed by atoms with van der Waals surface area (Å²) < 4.78 is 0. The van der Waals surface area contributed by atoms with Crippen LogP contribution in [0.5, 0.6) is 5.75 Å². The summed E-state index contributed by atoms with van der Waals surface area (Å²) in [6, 6.07) is 24.7. The van der Waals surface area contributed by atoms with Crippen molar-refractivity contribution in [2.45, 2.75) is 58.9 Å². The molecule has 0 atom stereocenters. The molecule has 0 aliphatic heterocycles. The Labute approximate surface area is 187 Å². The monoisotopic (exact) mass is 414 g/mol. The van der Waals surface area contributed by atoms with Gasteiger partial charge in [0.15, 0.2) is 0 Å². The molecule has 3 aromatic carbocycles. The molecule has 0 aromatic heterocycles. The van der Waals surface area contributed by atoms with Crippen molar-refractivity contribution in [2.24, 2.45) is 5.10 Å². The fourth-order valence-electron chi connectivity index (χ4n) is 3.57. The van der Waals surface area contributed by atoms with Gasteiger partial charge in [0.25, 0.3) is 0 Å². The molecule has 162 valence electrons. The van der Waals surface area contributed by atoms with E-state index < -0.39 is 0 Å². The van der Waals surface area contributed by atoms with Gasteiger partial charge in [-0.2, -0.15) is 5.10 Å². The fraction of sp³-hybridized carbons (Fsp3) is 0.321. The highest BCUT2D eigenvalue weighted by molar-refractivity contribution is 5.82. The average molecular weight is 415 g/mol. The van der Waals surface area contributed by atoms with Crippen molar-refractivity contribution < 1.29 is 5.11 Å². The first kappa shape index (κ1) is 22.6. The van der Waals surface area contributed by atoms with Crippen molar-refractivity contribution in [1.82, 2.24) is 0 Å². The number of aromatic hydroxyl groups is 1. The lowest BCUT2D eigenvalue weighted by Crippen LogP contribution is -2.18. The Balaban J connectivity index is 2.03. The van der Waals surface area contributed by atoms with E-state index in [0.29, 0.717) is 12.3 Å². The van der Waals surface area contributed by atoms with E-state index in [1.165, 1.54) is 5.56 Å². The molecule has 0 saturated carbocycles. The maximum absolute atomic E-state index is 11.0. The highest BCUT2D eigenvalue weighted by atomic mass is 16.3. The number of hydrogen-bond donors (Lipinski definition) is 1. The van der Waals surface area contributed by atoms with Crippen LogP contribution in [-0.4, -0.2) is 11.3 Å². The molecule has 0 aliphatic rings. The first-order valence-electron chi connectivity index (χ1n) is 10.8. The number of hydrazone groups is 1. The lowest BCUT2D eigenvalue weighted by Gasteiger charge is -2.28. The minimum atomic E-state index is -0.170. The molecule has 0 amide bonds. The van der Waals surface area contributed by atoms with Crippen molar-refractivity contribution >= 4 is 11.9 Å². The van der Waals surface area contributed by atoms with Crippen LogP contribution in [0.1, 0.15) is 63.8 Å². The molecule has 0 spiro atoms. The molecule has 3 rings (SSSR count). The van der Waals surface area contributed by atoms with Crippen molar-refractivity contribution in [3.63, 3.8) is 0 Å². The van der Waals surface area contributed by atoms with Crippen LogP contribution < -0.4 is 5.01 Å². The highest BCUT2D eigenvalue weighted by Gasteiger charge is 2.26. The molecule has 3 heteroatoms. The predicted molar refractivity (Wildman–Crippen MR) is 132 cm³/mol. The van der Waals surface area contributed by atoms with Gasteiger partial charge >= 0.3 is 0 Å². The van der Waals surface area contributed by atoms with Gasteiger partial charge in [0, 0.05) is 11.1 Å². The number of hydrogen-bond acceptors (Lipinski definition) is 3. The smallest absolute Gasteiger partial charge is 0.123 e. The number of benzene rings is 3. The van der Waals surface area contributed by atoms with Gasteiger partial charge in [0.1, 0.15) is 5.75 Å². The van der Waals surface area contributed by atoms with Gasteiger partial charge in [-0.15, -0.1) is 0 Å². The largest absolute Gasteiger partial charge is 0.507 e. The normalized spacial score (nSPS) is 12.3. The summed E-state index contributed by atoms with van der Waals surface area (Å²) in [4.78, 5) is 0. The van der Waals surface area contributed by atoms with E-state index in [1.807, 2.05) is 47.6 Å². The van der Waals surface area contributed by atoms with Crippen molar-refractivity contribution in [3.8, 4) is 5.75 Å².